The van der Waals surface area contributed by atoms with E-state index in [-0.39, 0.29) is 12.5 Å². The largest absolute Gasteiger partial charge is 0.320 e. The number of halogens is 1. The molecule has 1 aromatic heterocycles. The van der Waals surface area contributed by atoms with Crippen molar-refractivity contribution in [1.29, 1.82) is 0 Å². The Bertz CT molecular complexity index is 672. The Morgan fingerprint density at radius 3 is 2.70 bits per heavy atom. The molecule has 0 saturated carbocycles. The summed E-state index contributed by atoms with van der Waals surface area (Å²) in [5, 5.41) is 2.62. The van der Waals surface area contributed by atoms with Crippen LogP contribution in [-0.4, -0.2) is 17.4 Å². The van der Waals surface area contributed by atoms with Gasteiger partial charge < -0.3 is 11.1 Å². The van der Waals surface area contributed by atoms with Crippen LogP contribution in [0.4, 0.5) is 10.2 Å². The number of benzene rings is 1. The van der Waals surface area contributed by atoms with E-state index < -0.39 is 5.82 Å². The SMILES string of the molecule is NCC#Cc1cccc(NC(=O)c2ccc(F)cc2)n1. The van der Waals surface area contributed by atoms with Crippen molar-refractivity contribution in [1.82, 2.24) is 4.98 Å². The van der Waals surface area contributed by atoms with E-state index in [2.05, 4.69) is 22.1 Å². The van der Waals surface area contributed by atoms with E-state index in [0.717, 1.165) is 0 Å². The molecule has 0 unspecified atom stereocenters. The van der Waals surface area contributed by atoms with Crippen molar-refractivity contribution in [3.8, 4) is 11.8 Å². The average Bonchev–Trinajstić information content (AvgIpc) is 2.46. The van der Waals surface area contributed by atoms with Gasteiger partial charge in [0.15, 0.2) is 0 Å². The molecule has 100 valence electrons. The predicted octanol–water partition coefficient (Wildman–Crippen LogP) is 1.78. The van der Waals surface area contributed by atoms with Gasteiger partial charge in [0.2, 0.25) is 0 Å². The molecule has 20 heavy (non-hydrogen) atoms. The number of hydrogen-bond donors (Lipinski definition) is 2. The monoisotopic (exact) mass is 269 g/mol. The second-order valence-corrected chi connectivity index (χ2v) is 3.87. The average molecular weight is 269 g/mol. The molecule has 1 aromatic carbocycles. The highest BCUT2D eigenvalue weighted by atomic mass is 19.1. The maximum absolute atomic E-state index is 12.8. The summed E-state index contributed by atoms with van der Waals surface area (Å²) in [5.41, 5.74) is 6.16. The molecule has 0 aliphatic carbocycles. The molecule has 0 radical (unpaired) electrons. The molecule has 0 aliphatic heterocycles. The number of amides is 1. The molecular formula is C15H12FN3O. The third kappa shape index (κ3) is 3.64. The summed E-state index contributed by atoms with van der Waals surface area (Å²) < 4.78 is 12.8. The lowest BCUT2D eigenvalue weighted by Crippen LogP contribution is -2.13. The number of nitrogens with zero attached hydrogens (tertiary/aromatic N) is 1. The highest BCUT2D eigenvalue weighted by Crippen LogP contribution is 2.08. The van der Waals surface area contributed by atoms with Gasteiger partial charge in [-0.2, -0.15) is 0 Å². The van der Waals surface area contributed by atoms with Gasteiger partial charge in [0.1, 0.15) is 17.3 Å². The minimum absolute atomic E-state index is 0.244. The number of carbonyl (C=O) groups excluding carboxylic acids is 1. The zero-order valence-electron chi connectivity index (χ0n) is 10.6. The molecule has 0 atom stereocenters. The van der Waals surface area contributed by atoms with Crippen LogP contribution in [0.1, 0.15) is 16.1 Å². The first-order valence-corrected chi connectivity index (χ1v) is 5.92. The van der Waals surface area contributed by atoms with Gasteiger partial charge >= 0.3 is 0 Å². The minimum Gasteiger partial charge on any atom is -0.320 e. The third-order valence-electron chi connectivity index (χ3n) is 2.42. The van der Waals surface area contributed by atoms with Crippen molar-refractivity contribution in [2.45, 2.75) is 0 Å². The highest BCUT2D eigenvalue weighted by Gasteiger charge is 2.06. The normalized spacial score (nSPS) is 9.50. The number of hydrogen-bond acceptors (Lipinski definition) is 3. The Hall–Kier alpha value is -2.71. The van der Waals surface area contributed by atoms with Gasteiger partial charge in [-0.25, -0.2) is 9.37 Å². The molecule has 4 nitrogen and oxygen atoms in total. The summed E-state index contributed by atoms with van der Waals surface area (Å²) in [6, 6.07) is 10.4. The second kappa shape index (κ2) is 6.45. The molecule has 0 aliphatic rings. The molecule has 2 rings (SSSR count). The molecule has 1 amide bonds. The lowest BCUT2D eigenvalue weighted by Gasteiger charge is -2.04. The van der Waals surface area contributed by atoms with Crippen LogP contribution in [0, 0.1) is 17.7 Å². The van der Waals surface area contributed by atoms with Crippen LogP contribution in [0.2, 0.25) is 0 Å². The topological polar surface area (TPSA) is 68.0 Å². The Kier molecular flexibility index (Phi) is 4.43. The minimum atomic E-state index is -0.390. The first-order chi connectivity index (χ1) is 9.69. The quantitative estimate of drug-likeness (QED) is 0.817. The second-order valence-electron chi connectivity index (χ2n) is 3.87. The summed E-state index contributed by atoms with van der Waals surface area (Å²) >= 11 is 0. The van der Waals surface area contributed by atoms with Crippen molar-refractivity contribution in [2.75, 3.05) is 11.9 Å². The molecule has 0 bridgehead atoms. The van der Waals surface area contributed by atoms with Gasteiger partial charge in [0.05, 0.1) is 6.54 Å². The lowest BCUT2D eigenvalue weighted by atomic mass is 10.2. The van der Waals surface area contributed by atoms with E-state index in [0.29, 0.717) is 17.1 Å². The van der Waals surface area contributed by atoms with E-state index in [1.54, 1.807) is 18.2 Å². The Labute approximate surface area is 115 Å². The fourth-order valence-electron chi connectivity index (χ4n) is 1.51. The molecule has 1 heterocycles. The zero-order chi connectivity index (χ0) is 14.4. The Balaban J connectivity index is 2.13. The van der Waals surface area contributed by atoms with Gasteiger partial charge in [-0.3, -0.25) is 4.79 Å². The fraction of sp³-hybridized carbons (Fsp3) is 0.0667. The van der Waals surface area contributed by atoms with Gasteiger partial charge in [0.25, 0.3) is 5.91 Å². The first kappa shape index (κ1) is 13.7. The summed E-state index contributed by atoms with van der Waals surface area (Å²) in [5.74, 6) is 5.09. The fourth-order valence-corrected chi connectivity index (χ4v) is 1.51. The molecule has 0 spiro atoms. The van der Waals surface area contributed by atoms with Gasteiger partial charge in [-0.1, -0.05) is 12.0 Å². The van der Waals surface area contributed by atoms with Gasteiger partial charge in [0, 0.05) is 5.56 Å². The van der Waals surface area contributed by atoms with Crippen molar-refractivity contribution >= 4 is 11.7 Å². The van der Waals surface area contributed by atoms with E-state index in [9.17, 15) is 9.18 Å². The van der Waals surface area contributed by atoms with Crippen molar-refractivity contribution in [3.63, 3.8) is 0 Å². The zero-order valence-corrected chi connectivity index (χ0v) is 10.6. The summed E-state index contributed by atoms with van der Waals surface area (Å²) in [6.45, 7) is 0.244. The van der Waals surface area contributed by atoms with Crippen molar-refractivity contribution in [2.24, 2.45) is 5.73 Å². The van der Waals surface area contributed by atoms with Crippen LogP contribution in [-0.2, 0) is 0 Å². The third-order valence-corrected chi connectivity index (χ3v) is 2.42. The molecular weight excluding hydrogens is 257 g/mol. The van der Waals surface area contributed by atoms with Gasteiger partial charge in [-0.05, 0) is 42.3 Å². The van der Waals surface area contributed by atoms with Crippen LogP contribution < -0.4 is 11.1 Å². The van der Waals surface area contributed by atoms with E-state index in [1.807, 2.05) is 0 Å². The number of pyridine rings is 1. The van der Waals surface area contributed by atoms with Crippen LogP contribution >= 0.6 is 0 Å². The maximum atomic E-state index is 12.8. The summed E-state index contributed by atoms with van der Waals surface area (Å²) in [6.07, 6.45) is 0. The van der Waals surface area contributed by atoms with Crippen molar-refractivity contribution < 1.29 is 9.18 Å². The van der Waals surface area contributed by atoms with E-state index in [4.69, 9.17) is 5.73 Å². The van der Waals surface area contributed by atoms with Crippen molar-refractivity contribution in [3.05, 3.63) is 59.5 Å². The maximum Gasteiger partial charge on any atom is 0.256 e. The summed E-state index contributed by atoms with van der Waals surface area (Å²) in [4.78, 5) is 16.1. The number of rotatable bonds is 2. The van der Waals surface area contributed by atoms with E-state index in [1.165, 1.54) is 24.3 Å². The molecule has 2 aromatic rings. The smallest absolute Gasteiger partial charge is 0.256 e. The molecule has 0 fully saturated rings. The van der Waals surface area contributed by atoms with Crippen LogP contribution in [0.25, 0.3) is 0 Å². The number of anilines is 1. The van der Waals surface area contributed by atoms with E-state index >= 15 is 0 Å². The number of nitrogens with two attached hydrogens (primary N) is 1. The lowest BCUT2D eigenvalue weighted by molar-refractivity contribution is 0.102. The molecule has 5 heteroatoms. The molecule has 3 N–H and O–H groups in total. The van der Waals surface area contributed by atoms with Gasteiger partial charge in [-0.15, -0.1) is 0 Å². The molecule has 0 saturated heterocycles. The number of carbonyl (C=O) groups is 1. The highest BCUT2D eigenvalue weighted by molar-refractivity contribution is 6.03. The van der Waals surface area contributed by atoms with Crippen LogP contribution in [0.3, 0.4) is 0 Å². The Morgan fingerprint density at radius 1 is 1.25 bits per heavy atom. The number of nitrogens with one attached hydrogen (secondary N) is 1. The number of aromatic nitrogens is 1. The van der Waals surface area contributed by atoms with Crippen LogP contribution in [0.5, 0.6) is 0 Å². The predicted molar refractivity (Wildman–Crippen MR) is 74.5 cm³/mol. The first-order valence-electron chi connectivity index (χ1n) is 5.92. The van der Waals surface area contributed by atoms with Crippen LogP contribution in [0.15, 0.2) is 42.5 Å². The standard InChI is InChI=1S/C15H12FN3O/c16-12-8-6-11(7-9-12)15(20)19-14-5-1-3-13(18-14)4-2-10-17/h1,3,5-9H,10,17H2,(H,18,19,20). The summed E-state index contributed by atoms with van der Waals surface area (Å²) in [7, 11) is 0. The Morgan fingerprint density at radius 2 is 2.00 bits per heavy atom.